The Morgan fingerprint density at radius 2 is 1.80 bits per heavy atom. The summed E-state index contributed by atoms with van der Waals surface area (Å²) in [5, 5.41) is 4.66. The molecule has 6 rings (SSSR count). The third-order valence-corrected chi connectivity index (χ3v) is 7.08. The first-order valence-electron chi connectivity index (χ1n) is 13.1. The highest BCUT2D eigenvalue weighted by Crippen LogP contribution is 2.37. The van der Waals surface area contributed by atoms with Crippen molar-refractivity contribution < 1.29 is 23.7 Å². The second-order valence-corrected chi connectivity index (χ2v) is 9.85. The number of nitrogens with zero attached hydrogens (tertiary/aromatic N) is 3. The van der Waals surface area contributed by atoms with Gasteiger partial charge in [0, 0.05) is 24.0 Å². The van der Waals surface area contributed by atoms with Gasteiger partial charge in [0.1, 0.15) is 37.9 Å². The van der Waals surface area contributed by atoms with Gasteiger partial charge in [-0.15, -0.1) is 0 Å². The maximum Gasteiger partial charge on any atom is 0.161 e. The van der Waals surface area contributed by atoms with Crippen molar-refractivity contribution in [1.82, 2.24) is 14.8 Å². The lowest BCUT2D eigenvalue weighted by Gasteiger charge is -2.20. The summed E-state index contributed by atoms with van der Waals surface area (Å²) in [5.74, 6) is 2.98. The Morgan fingerprint density at radius 3 is 2.63 bits per heavy atom. The number of rotatable bonds is 9. The largest absolute Gasteiger partial charge is 0.488 e. The van der Waals surface area contributed by atoms with E-state index >= 15 is 0 Å². The van der Waals surface area contributed by atoms with E-state index in [9.17, 15) is 4.79 Å². The zero-order valence-corrected chi connectivity index (χ0v) is 23.0. The van der Waals surface area contributed by atoms with Crippen LogP contribution in [0.3, 0.4) is 0 Å². The van der Waals surface area contributed by atoms with Crippen LogP contribution in [-0.4, -0.2) is 34.3 Å². The van der Waals surface area contributed by atoms with Gasteiger partial charge in [-0.2, -0.15) is 5.10 Å². The molecule has 3 aromatic carbocycles. The molecule has 1 aliphatic heterocycles. The molecule has 0 bridgehead atoms. The third kappa shape index (κ3) is 5.73. The molecule has 0 saturated heterocycles. The van der Waals surface area contributed by atoms with Gasteiger partial charge in [0.05, 0.1) is 16.8 Å². The average molecular weight is 568 g/mol. The molecule has 0 radical (unpaired) electrons. The van der Waals surface area contributed by atoms with Crippen molar-refractivity contribution in [3.05, 3.63) is 113 Å². The molecule has 0 spiro atoms. The van der Waals surface area contributed by atoms with Crippen molar-refractivity contribution in [2.75, 3.05) is 13.2 Å². The van der Waals surface area contributed by atoms with Crippen molar-refractivity contribution >= 4 is 17.9 Å². The van der Waals surface area contributed by atoms with Gasteiger partial charge < -0.3 is 18.9 Å². The lowest BCUT2D eigenvalue weighted by atomic mass is 9.96. The molecule has 0 atom stereocenters. The number of ether oxygens (including phenoxy) is 4. The number of aromatic nitrogens is 3. The van der Waals surface area contributed by atoms with Crippen LogP contribution < -0.4 is 18.9 Å². The van der Waals surface area contributed by atoms with Crippen molar-refractivity contribution in [3.8, 4) is 39.9 Å². The lowest BCUT2D eigenvalue weighted by Crippen LogP contribution is -2.15. The van der Waals surface area contributed by atoms with Crippen LogP contribution in [0.15, 0.2) is 85.3 Å². The molecule has 0 fully saturated rings. The van der Waals surface area contributed by atoms with Gasteiger partial charge >= 0.3 is 0 Å². The second-order valence-electron chi connectivity index (χ2n) is 9.44. The Hall–Kier alpha value is -4.82. The van der Waals surface area contributed by atoms with Gasteiger partial charge in [0.2, 0.25) is 0 Å². The Bertz CT molecular complexity index is 1700. The molecule has 41 heavy (non-hydrogen) atoms. The van der Waals surface area contributed by atoms with E-state index in [1.165, 1.54) is 0 Å². The SMILES string of the molecule is Cc1c(COc2cc(OCc3cnn(-c4ccccn4)c3)c(C=O)cc2Cl)cccc1-c1ccc2c(c1)OCCO2. The molecular formula is C32H26ClN3O5. The van der Waals surface area contributed by atoms with Gasteiger partial charge in [-0.3, -0.25) is 4.79 Å². The zero-order valence-electron chi connectivity index (χ0n) is 22.2. The summed E-state index contributed by atoms with van der Waals surface area (Å²) in [7, 11) is 0. The maximum absolute atomic E-state index is 11.8. The van der Waals surface area contributed by atoms with Crippen LogP contribution in [0.2, 0.25) is 5.02 Å². The van der Waals surface area contributed by atoms with E-state index in [-0.39, 0.29) is 13.2 Å². The number of pyridine rings is 1. The van der Waals surface area contributed by atoms with Crippen molar-refractivity contribution in [3.63, 3.8) is 0 Å². The van der Waals surface area contributed by atoms with Crippen LogP contribution in [0.4, 0.5) is 0 Å². The predicted molar refractivity (Wildman–Crippen MR) is 154 cm³/mol. The van der Waals surface area contributed by atoms with Gasteiger partial charge in [-0.25, -0.2) is 9.67 Å². The van der Waals surface area contributed by atoms with Gasteiger partial charge in [0.25, 0.3) is 0 Å². The summed E-state index contributed by atoms with van der Waals surface area (Å²) in [5.41, 5.74) is 5.32. The predicted octanol–water partition coefficient (Wildman–Crippen LogP) is 6.64. The van der Waals surface area contributed by atoms with E-state index in [2.05, 4.69) is 23.1 Å². The fourth-order valence-electron chi connectivity index (χ4n) is 4.61. The standard InChI is InChI=1S/C32H26ClN3O5/c1-21-24(5-4-6-26(21)23-8-9-28-31(14-23)39-12-11-38-28)20-41-30-15-29(25(18-37)13-27(30)33)40-19-22-16-35-36(17-22)32-7-2-3-10-34-32/h2-10,13-18H,11-12,19-20H2,1H3. The number of aldehydes is 1. The molecule has 206 valence electrons. The first-order valence-corrected chi connectivity index (χ1v) is 13.4. The van der Waals surface area contributed by atoms with Crippen molar-refractivity contribution in [2.45, 2.75) is 20.1 Å². The molecule has 2 aromatic heterocycles. The minimum Gasteiger partial charge on any atom is -0.488 e. The number of halogens is 1. The van der Waals surface area contributed by atoms with E-state index in [0.717, 1.165) is 39.3 Å². The summed E-state index contributed by atoms with van der Waals surface area (Å²) in [6.45, 7) is 3.62. The second kappa shape index (κ2) is 11.7. The topological polar surface area (TPSA) is 84.7 Å². The van der Waals surface area contributed by atoms with Gasteiger partial charge in [-0.05, 0) is 59.5 Å². The number of benzene rings is 3. The molecule has 0 N–H and O–H groups in total. The minimum absolute atomic E-state index is 0.200. The number of hydrogen-bond donors (Lipinski definition) is 0. The molecule has 0 amide bonds. The summed E-state index contributed by atoms with van der Waals surface area (Å²) in [4.78, 5) is 16.0. The molecule has 0 saturated carbocycles. The van der Waals surface area contributed by atoms with Crippen molar-refractivity contribution in [2.24, 2.45) is 0 Å². The molecule has 5 aromatic rings. The Balaban J connectivity index is 1.18. The fourth-order valence-corrected chi connectivity index (χ4v) is 4.83. The number of fused-ring (bicyclic) bond motifs is 1. The molecule has 0 unspecified atom stereocenters. The molecule has 1 aliphatic rings. The van der Waals surface area contributed by atoms with E-state index in [0.29, 0.717) is 47.4 Å². The van der Waals surface area contributed by atoms with Crippen LogP contribution >= 0.6 is 11.6 Å². The summed E-state index contributed by atoms with van der Waals surface area (Å²) < 4.78 is 25.2. The number of hydrogen-bond acceptors (Lipinski definition) is 7. The van der Waals surface area contributed by atoms with Crippen molar-refractivity contribution in [1.29, 1.82) is 0 Å². The first kappa shape index (κ1) is 26.4. The number of carbonyl (C=O) groups is 1. The van der Waals surface area contributed by atoms with E-state index < -0.39 is 0 Å². The van der Waals surface area contributed by atoms with Crippen LogP contribution in [0, 0.1) is 6.92 Å². The van der Waals surface area contributed by atoms with Gasteiger partial charge in [-0.1, -0.05) is 41.9 Å². The lowest BCUT2D eigenvalue weighted by molar-refractivity contribution is 0.111. The van der Waals surface area contributed by atoms with Crippen LogP contribution in [0.1, 0.15) is 27.0 Å². The normalized spacial score (nSPS) is 12.1. The number of carbonyl (C=O) groups excluding carboxylic acids is 1. The monoisotopic (exact) mass is 567 g/mol. The maximum atomic E-state index is 11.8. The smallest absolute Gasteiger partial charge is 0.161 e. The summed E-state index contributed by atoms with van der Waals surface area (Å²) in [6.07, 6.45) is 5.94. The molecular weight excluding hydrogens is 542 g/mol. The van der Waals surface area contributed by atoms with Crippen LogP contribution in [0.5, 0.6) is 23.0 Å². The molecule has 0 aliphatic carbocycles. The van der Waals surface area contributed by atoms with E-state index in [4.69, 9.17) is 30.5 Å². The first-order chi connectivity index (χ1) is 20.1. The molecule has 8 nitrogen and oxygen atoms in total. The van der Waals surface area contributed by atoms with E-state index in [1.807, 2.05) is 54.7 Å². The Labute approximate surface area is 242 Å². The third-order valence-electron chi connectivity index (χ3n) is 6.79. The summed E-state index contributed by atoms with van der Waals surface area (Å²) in [6, 6.07) is 20.8. The molecule has 3 heterocycles. The highest BCUT2D eigenvalue weighted by molar-refractivity contribution is 6.32. The quantitative estimate of drug-likeness (QED) is 0.185. The van der Waals surface area contributed by atoms with E-state index in [1.54, 1.807) is 29.2 Å². The average Bonchev–Trinajstić information content (AvgIpc) is 3.49. The zero-order chi connectivity index (χ0) is 28.2. The molecule has 9 heteroatoms. The highest BCUT2D eigenvalue weighted by atomic mass is 35.5. The fraction of sp³-hybridized carbons (Fsp3) is 0.156. The Morgan fingerprint density at radius 1 is 0.951 bits per heavy atom. The van der Waals surface area contributed by atoms with Crippen LogP contribution in [-0.2, 0) is 13.2 Å². The van der Waals surface area contributed by atoms with Gasteiger partial charge in [0.15, 0.2) is 23.6 Å². The minimum atomic E-state index is 0.200. The Kier molecular flexibility index (Phi) is 7.56. The summed E-state index contributed by atoms with van der Waals surface area (Å²) >= 11 is 6.48. The highest BCUT2D eigenvalue weighted by Gasteiger charge is 2.16. The van der Waals surface area contributed by atoms with Crippen LogP contribution in [0.25, 0.3) is 16.9 Å².